The first-order valence-electron chi connectivity index (χ1n) is 5.88. The van der Waals surface area contributed by atoms with Crippen LogP contribution in [-0.2, 0) is 0 Å². The Hall–Kier alpha value is -1.09. The summed E-state index contributed by atoms with van der Waals surface area (Å²) in [5, 5.41) is 3.41. The number of hydrogen-bond acceptors (Lipinski definition) is 2. The van der Waals surface area contributed by atoms with Gasteiger partial charge in [-0.3, -0.25) is 0 Å². The second-order valence-corrected chi connectivity index (χ2v) is 4.69. The zero-order chi connectivity index (χ0) is 11.5. The van der Waals surface area contributed by atoms with E-state index in [1.165, 1.54) is 0 Å². The van der Waals surface area contributed by atoms with E-state index in [0.29, 0.717) is 5.92 Å². The molecule has 0 radical (unpaired) electrons. The van der Waals surface area contributed by atoms with Crippen molar-refractivity contribution in [3.8, 4) is 0 Å². The lowest BCUT2D eigenvalue weighted by Gasteiger charge is -2.26. The Morgan fingerprint density at radius 1 is 1.44 bits per heavy atom. The highest BCUT2D eigenvalue weighted by Gasteiger charge is 2.16. The third kappa shape index (κ3) is 2.53. The predicted molar refractivity (Wildman–Crippen MR) is 65.4 cm³/mol. The first kappa shape index (κ1) is 11.4. The molecule has 0 aliphatic carbocycles. The van der Waals surface area contributed by atoms with Gasteiger partial charge in [-0.05, 0) is 43.1 Å². The molecule has 88 valence electrons. The molecule has 1 N–H and O–H groups in total. The quantitative estimate of drug-likeness (QED) is 0.783. The molecule has 1 fully saturated rings. The van der Waals surface area contributed by atoms with E-state index in [9.17, 15) is 4.39 Å². The number of aryl methyl sites for hydroxylation is 1. The van der Waals surface area contributed by atoms with Crippen LogP contribution in [0.1, 0.15) is 12.5 Å². The molecule has 0 bridgehead atoms. The van der Waals surface area contributed by atoms with Gasteiger partial charge in [0.1, 0.15) is 5.82 Å². The number of hydrogen-bond donors (Lipinski definition) is 1. The van der Waals surface area contributed by atoms with Gasteiger partial charge in [-0.1, -0.05) is 6.92 Å². The Kier molecular flexibility index (Phi) is 3.44. The van der Waals surface area contributed by atoms with Crippen molar-refractivity contribution in [2.45, 2.75) is 13.8 Å². The fourth-order valence-electron chi connectivity index (χ4n) is 2.29. The Morgan fingerprint density at radius 3 is 3.00 bits per heavy atom. The molecule has 1 saturated heterocycles. The van der Waals surface area contributed by atoms with E-state index < -0.39 is 0 Å². The van der Waals surface area contributed by atoms with Crippen LogP contribution in [0.2, 0.25) is 0 Å². The molecule has 0 saturated carbocycles. The maximum absolute atomic E-state index is 13.0. The van der Waals surface area contributed by atoms with Crippen LogP contribution in [0, 0.1) is 18.7 Å². The Balaban J connectivity index is 2.21. The lowest BCUT2D eigenvalue weighted by atomic mass is 10.1. The molecule has 2 nitrogen and oxygen atoms in total. The normalized spacial score (nSPS) is 21.9. The molecule has 0 aromatic heterocycles. The lowest BCUT2D eigenvalue weighted by molar-refractivity contribution is 0.563. The molecule has 16 heavy (non-hydrogen) atoms. The van der Waals surface area contributed by atoms with Crippen molar-refractivity contribution < 1.29 is 4.39 Å². The van der Waals surface area contributed by atoms with Crippen LogP contribution in [0.4, 0.5) is 10.1 Å². The van der Waals surface area contributed by atoms with Gasteiger partial charge in [0.25, 0.3) is 0 Å². The van der Waals surface area contributed by atoms with Crippen molar-refractivity contribution in [3.63, 3.8) is 0 Å². The summed E-state index contributed by atoms with van der Waals surface area (Å²) in [6, 6.07) is 5.05. The molecule has 1 aromatic carbocycles. The summed E-state index contributed by atoms with van der Waals surface area (Å²) < 4.78 is 13.0. The Labute approximate surface area is 96.5 Å². The number of nitrogens with zero attached hydrogens (tertiary/aromatic N) is 1. The monoisotopic (exact) mass is 222 g/mol. The second kappa shape index (κ2) is 4.83. The van der Waals surface area contributed by atoms with Crippen molar-refractivity contribution in [3.05, 3.63) is 29.6 Å². The van der Waals surface area contributed by atoms with Crippen LogP contribution in [0.5, 0.6) is 0 Å². The lowest BCUT2D eigenvalue weighted by Crippen LogP contribution is -2.29. The van der Waals surface area contributed by atoms with E-state index in [0.717, 1.165) is 37.4 Å². The van der Waals surface area contributed by atoms with Gasteiger partial charge in [0.15, 0.2) is 0 Å². The van der Waals surface area contributed by atoms with Gasteiger partial charge < -0.3 is 10.2 Å². The van der Waals surface area contributed by atoms with Crippen molar-refractivity contribution in [1.82, 2.24) is 5.32 Å². The largest absolute Gasteiger partial charge is 0.370 e. The zero-order valence-electron chi connectivity index (χ0n) is 9.96. The SMILES string of the molecule is Cc1cc(F)ccc1N1CCNCC(C)C1. The molecule has 1 aromatic rings. The van der Waals surface area contributed by atoms with Crippen LogP contribution in [0.3, 0.4) is 0 Å². The fraction of sp³-hybridized carbons (Fsp3) is 0.538. The van der Waals surface area contributed by atoms with E-state index in [2.05, 4.69) is 17.1 Å². The molecular weight excluding hydrogens is 203 g/mol. The first-order chi connectivity index (χ1) is 7.66. The van der Waals surface area contributed by atoms with Crippen LogP contribution >= 0.6 is 0 Å². The van der Waals surface area contributed by atoms with Gasteiger partial charge in [0, 0.05) is 25.3 Å². The Morgan fingerprint density at radius 2 is 2.25 bits per heavy atom. The highest BCUT2D eigenvalue weighted by Crippen LogP contribution is 2.22. The Bertz CT molecular complexity index is 365. The van der Waals surface area contributed by atoms with Crippen molar-refractivity contribution in [2.75, 3.05) is 31.1 Å². The molecule has 1 aliphatic rings. The molecule has 0 spiro atoms. The molecule has 1 atom stereocenters. The van der Waals surface area contributed by atoms with Crippen LogP contribution in [0.15, 0.2) is 18.2 Å². The third-order valence-electron chi connectivity index (χ3n) is 3.08. The third-order valence-corrected chi connectivity index (χ3v) is 3.08. The van der Waals surface area contributed by atoms with Crippen molar-refractivity contribution in [2.24, 2.45) is 5.92 Å². The maximum Gasteiger partial charge on any atom is 0.123 e. The highest BCUT2D eigenvalue weighted by atomic mass is 19.1. The van der Waals surface area contributed by atoms with E-state index in [1.807, 2.05) is 13.0 Å². The molecule has 1 aliphatic heterocycles. The van der Waals surface area contributed by atoms with Gasteiger partial charge in [-0.15, -0.1) is 0 Å². The predicted octanol–water partition coefficient (Wildman–Crippen LogP) is 2.18. The topological polar surface area (TPSA) is 15.3 Å². The highest BCUT2D eigenvalue weighted by molar-refractivity contribution is 5.53. The van der Waals surface area contributed by atoms with Gasteiger partial charge in [0.2, 0.25) is 0 Å². The zero-order valence-corrected chi connectivity index (χ0v) is 9.96. The minimum atomic E-state index is -0.151. The van der Waals surface area contributed by atoms with Crippen molar-refractivity contribution in [1.29, 1.82) is 0 Å². The van der Waals surface area contributed by atoms with Crippen LogP contribution in [0.25, 0.3) is 0 Å². The smallest absolute Gasteiger partial charge is 0.123 e. The number of benzene rings is 1. The maximum atomic E-state index is 13.0. The summed E-state index contributed by atoms with van der Waals surface area (Å²) in [4.78, 5) is 2.35. The van der Waals surface area contributed by atoms with E-state index in [-0.39, 0.29) is 5.82 Å². The minimum Gasteiger partial charge on any atom is -0.370 e. The number of nitrogens with one attached hydrogen (secondary N) is 1. The standard InChI is InChI=1S/C13H19FN2/c1-10-8-15-5-6-16(9-10)13-4-3-12(14)7-11(13)2/h3-4,7,10,15H,5-6,8-9H2,1-2H3. The van der Waals surface area contributed by atoms with Gasteiger partial charge in [-0.25, -0.2) is 4.39 Å². The first-order valence-corrected chi connectivity index (χ1v) is 5.88. The van der Waals surface area contributed by atoms with Gasteiger partial charge in [-0.2, -0.15) is 0 Å². The summed E-state index contributed by atoms with van der Waals surface area (Å²) in [6.07, 6.45) is 0. The summed E-state index contributed by atoms with van der Waals surface area (Å²) in [7, 11) is 0. The van der Waals surface area contributed by atoms with Crippen LogP contribution < -0.4 is 10.2 Å². The summed E-state index contributed by atoms with van der Waals surface area (Å²) >= 11 is 0. The molecule has 0 amide bonds. The number of anilines is 1. The van der Waals surface area contributed by atoms with Crippen LogP contribution in [-0.4, -0.2) is 26.2 Å². The number of halogens is 1. The molecule has 1 unspecified atom stereocenters. The molecule has 2 rings (SSSR count). The molecule has 1 heterocycles. The summed E-state index contributed by atoms with van der Waals surface area (Å²) in [6.45, 7) is 8.32. The number of rotatable bonds is 1. The molecular formula is C13H19FN2. The van der Waals surface area contributed by atoms with Gasteiger partial charge >= 0.3 is 0 Å². The second-order valence-electron chi connectivity index (χ2n) is 4.69. The molecule has 3 heteroatoms. The average molecular weight is 222 g/mol. The van der Waals surface area contributed by atoms with Gasteiger partial charge in [0.05, 0.1) is 0 Å². The summed E-state index contributed by atoms with van der Waals surface area (Å²) in [5.41, 5.74) is 2.19. The fourth-order valence-corrected chi connectivity index (χ4v) is 2.29. The summed E-state index contributed by atoms with van der Waals surface area (Å²) in [5.74, 6) is 0.481. The minimum absolute atomic E-state index is 0.151. The van der Waals surface area contributed by atoms with Crippen molar-refractivity contribution >= 4 is 5.69 Å². The van der Waals surface area contributed by atoms with E-state index >= 15 is 0 Å². The van der Waals surface area contributed by atoms with E-state index in [1.54, 1.807) is 12.1 Å². The van der Waals surface area contributed by atoms with E-state index in [4.69, 9.17) is 0 Å². The average Bonchev–Trinajstić information content (AvgIpc) is 2.43.